The number of unbranched alkanes of at least 4 members (excludes halogenated alkanes) is 2. The van der Waals surface area contributed by atoms with Crippen molar-refractivity contribution in [1.82, 2.24) is 4.57 Å². The van der Waals surface area contributed by atoms with Crippen LogP contribution in [0.1, 0.15) is 24.8 Å². The highest BCUT2D eigenvalue weighted by Gasteiger charge is 2.13. The van der Waals surface area contributed by atoms with Gasteiger partial charge < -0.3 is 19.1 Å². The minimum absolute atomic E-state index is 0.0750. The lowest BCUT2D eigenvalue weighted by Gasteiger charge is -2.09. The number of hydrogen-bond donors (Lipinski definition) is 1. The molecule has 0 atom stereocenters. The van der Waals surface area contributed by atoms with Gasteiger partial charge in [0, 0.05) is 22.4 Å². The second kappa shape index (κ2) is 9.56. The molecule has 5 heteroatoms. The molecule has 0 aliphatic rings. The zero-order chi connectivity index (χ0) is 21.6. The maximum absolute atomic E-state index is 11.4. The van der Waals surface area contributed by atoms with Crippen LogP contribution in [0, 0.1) is 6.92 Å². The van der Waals surface area contributed by atoms with Crippen LogP contribution in [0.5, 0.6) is 11.5 Å². The summed E-state index contributed by atoms with van der Waals surface area (Å²) in [6.45, 7) is 3.31. The fourth-order valence-corrected chi connectivity index (χ4v) is 3.82. The Morgan fingerprint density at radius 2 is 1.45 bits per heavy atom. The Morgan fingerprint density at radius 3 is 2.19 bits per heavy atom. The van der Waals surface area contributed by atoms with Gasteiger partial charge in [-0.25, -0.2) is 0 Å². The van der Waals surface area contributed by atoms with Crippen LogP contribution >= 0.6 is 0 Å². The lowest BCUT2D eigenvalue weighted by Crippen LogP contribution is -2.08. The number of carbonyl (C=O) groups is 1. The first-order chi connectivity index (χ1) is 15.1. The molecule has 31 heavy (non-hydrogen) atoms. The Labute approximate surface area is 181 Å². The normalized spacial score (nSPS) is 11.1. The Morgan fingerprint density at radius 1 is 0.806 bits per heavy atom. The molecule has 0 aliphatic carbocycles. The molecule has 0 fully saturated rings. The van der Waals surface area contributed by atoms with Crippen LogP contribution in [0.2, 0.25) is 0 Å². The topological polar surface area (TPSA) is 60.7 Å². The van der Waals surface area contributed by atoms with E-state index in [1.807, 2.05) is 59.2 Å². The quantitative estimate of drug-likeness (QED) is 0.331. The molecule has 1 heterocycles. The number of benzene rings is 3. The zero-order valence-electron chi connectivity index (χ0n) is 17.7. The van der Waals surface area contributed by atoms with Crippen molar-refractivity contribution in [2.45, 2.75) is 32.7 Å². The van der Waals surface area contributed by atoms with Crippen molar-refractivity contribution in [2.75, 3.05) is 13.2 Å². The summed E-state index contributed by atoms with van der Waals surface area (Å²) < 4.78 is 13.5. The summed E-state index contributed by atoms with van der Waals surface area (Å²) in [5.41, 5.74) is 3.03. The Kier molecular flexibility index (Phi) is 6.41. The fraction of sp³-hybridized carbons (Fsp3) is 0.269. The third-order valence-corrected chi connectivity index (χ3v) is 5.39. The Bertz CT molecular complexity index is 1180. The molecule has 4 rings (SSSR count). The molecule has 0 saturated carbocycles. The second-order valence-corrected chi connectivity index (χ2v) is 7.75. The number of aryl methyl sites for hydroxylation is 1. The lowest BCUT2D eigenvalue weighted by atomic mass is 10.1. The third kappa shape index (κ3) is 5.00. The summed E-state index contributed by atoms with van der Waals surface area (Å²) >= 11 is 0. The van der Waals surface area contributed by atoms with E-state index < -0.39 is 5.97 Å². The number of hydrogen-bond acceptors (Lipinski definition) is 3. The molecular formula is C26H27NO4. The van der Waals surface area contributed by atoms with Crippen molar-refractivity contribution < 1.29 is 19.4 Å². The van der Waals surface area contributed by atoms with Crippen LogP contribution in [-0.4, -0.2) is 28.9 Å². The molecule has 1 N–H and O–H groups in total. The van der Waals surface area contributed by atoms with Crippen LogP contribution in [0.15, 0.2) is 66.7 Å². The van der Waals surface area contributed by atoms with Crippen molar-refractivity contribution in [3.8, 4) is 11.5 Å². The van der Waals surface area contributed by atoms with Gasteiger partial charge in [-0.1, -0.05) is 35.9 Å². The number of fused-ring (bicyclic) bond motifs is 3. The molecule has 5 nitrogen and oxygen atoms in total. The van der Waals surface area contributed by atoms with Gasteiger partial charge in [-0.15, -0.1) is 0 Å². The molecule has 0 saturated heterocycles. The van der Waals surface area contributed by atoms with E-state index in [2.05, 4.69) is 19.1 Å². The zero-order valence-corrected chi connectivity index (χ0v) is 17.7. The number of carboxylic acid groups (broad SMARTS) is 1. The van der Waals surface area contributed by atoms with Gasteiger partial charge in [0.15, 0.2) is 0 Å². The van der Waals surface area contributed by atoms with Gasteiger partial charge >= 0.3 is 5.97 Å². The van der Waals surface area contributed by atoms with E-state index in [1.165, 1.54) is 5.56 Å². The molecule has 4 aromatic rings. The van der Waals surface area contributed by atoms with E-state index >= 15 is 0 Å². The fourth-order valence-electron chi connectivity index (χ4n) is 3.82. The number of rotatable bonds is 10. The highest BCUT2D eigenvalue weighted by molar-refractivity contribution is 6.08. The van der Waals surface area contributed by atoms with E-state index in [0.29, 0.717) is 13.2 Å². The number of carboxylic acids is 1. The molecule has 0 unspecified atom stereocenters. The van der Waals surface area contributed by atoms with Gasteiger partial charge in [0.05, 0.1) is 18.7 Å². The van der Waals surface area contributed by atoms with E-state index in [4.69, 9.17) is 9.47 Å². The number of para-hydroxylation sites is 1. The maximum atomic E-state index is 11.4. The smallest absolute Gasteiger partial charge is 0.323 e. The first-order valence-electron chi connectivity index (χ1n) is 10.7. The summed E-state index contributed by atoms with van der Waals surface area (Å²) in [6.07, 6.45) is 2.93. The highest BCUT2D eigenvalue weighted by Crippen LogP contribution is 2.31. The summed E-state index contributed by atoms with van der Waals surface area (Å²) in [6, 6.07) is 21.9. The third-order valence-electron chi connectivity index (χ3n) is 5.39. The maximum Gasteiger partial charge on any atom is 0.323 e. The Hall–Kier alpha value is -3.47. The van der Waals surface area contributed by atoms with Crippen LogP contribution in [0.4, 0.5) is 0 Å². The summed E-state index contributed by atoms with van der Waals surface area (Å²) in [7, 11) is 0. The van der Waals surface area contributed by atoms with E-state index in [1.54, 1.807) is 0 Å². The van der Waals surface area contributed by atoms with Crippen molar-refractivity contribution >= 4 is 27.8 Å². The van der Waals surface area contributed by atoms with Crippen LogP contribution in [0.3, 0.4) is 0 Å². The van der Waals surface area contributed by atoms with Gasteiger partial charge in [-0.2, -0.15) is 0 Å². The molecular weight excluding hydrogens is 390 g/mol. The largest absolute Gasteiger partial charge is 0.494 e. The number of ether oxygens (including phenoxy) is 2. The monoisotopic (exact) mass is 417 g/mol. The molecule has 0 bridgehead atoms. The van der Waals surface area contributed by atoms with Gasteiger partial charge in [0.1, 0.15) is 18.0 Å². The molecule has 0 spiro atoms. The standard InChI is InChI=1S/C26H27NO4/c1-19-9-11-20(12-10-19)30-15-5-2-6-16-31-21-13-14-23-22-7-3-4-8-24(22)27(18-26(28)29)25(23)17-21/h3-4,7-14,17H,2,5-6,15-16,18H2,1H3,(H,28,29). The lowest BCUT2D eigenvalue weighted by molar-refractivity contribution is -0.137. The summed E-state index contributed by atoms with van der Waals surface area (Å²) in [4.78, 5) is 11.4. The van der Waals surface area contributed by atoms with Gasteiger partial charge in [0.2, 0.25) is 0 Å². The molecule has 3 aromatic carbocycles. The van der Waals surface area contributed by atoms with Crippen LogP contribution < -0.4 is 9.47 Å². The average molecular weight is 418 g/mol. The van der Waals surface area contributed by atoms with Crippen LogP contribution in [0.25, 0.3) is 21.8 Å². The highest BCUT2D eigenvalue weighted by atomic mass is 16.5. The number of aliphatic carboxylic acids is 1. The van der Waals surface area contributed by atoms with E-state index in [9.17, 15) is 9.90 Å². The van der Waals surface area contributed by atoms with Crippen molar-refractivity contribution in [2.24, 2.45) is 0 Å². The molecule has 0 aliphatic heterocycles. The first kappa shape index (κ1) is 20.8. The first-order valence-corrected chi connectivity index (χ1v) is 10.7. The van der Waals surface area contributed by atoms with E-state index in [-0.39, 0.29) is 6.54 Å². The van der Waals surface area contributed by atoms with Crippen molar-refractivity contribution in [3.05, 3.63) is 72.3 Å². The summed E-state index contributed by atoms with van der Waals surface area (Å²) in [5, 5.41) is 11.4. The molecule has 0 radical (unpaired) electrons. The minimum atomic E-state index is -0.859. The SMILES string of the molecule is Cc1ccc(OCCCCCOc2ccc3c4ccccc4n(CC(=O)O)c3c2)cc1. The van der Waals surface area contributed by atoms with Gasteiger partial charge in [-0.3, -0.25) is 4.79 Å². The predicted octanol–water partition coefficient (Wildman–Crippen LogP) is 5.82. The van der Waals surface area contributed by atoms with Crippen LogP contribution in [-0.2, 0) is 11.3 Å². The van der Waals surface area contributed by atoms with Crippen molar-refractivity contribution in [1.29, 1.82) is 0 Å². The van der Waals surface area contributed by atoms with E-state index in [0.717, 1.165) is 52.6 Å². The predicted molar refractivity (Wildman–Crippen MR) is 123 cm³/mol. The minimum Gasteiger partial charge on any atom is -0.494 e. The Balaban J connectivity index is 1.32. The number of nitrogens with zero attached hydrogens (tertiary/aromatic N) is 1. The van der Waals surface area contributed by atoms with Gasteiger partial charge in [-0.05, 0) is 56.5 Å². The van der Waals surface area contributed by atoms with Crippen molar-refractivity contribution in [3.63, 3.8) is 0 Å². The second-order valence-electron chi connectivity index (χ2n) is 7.75. The average Bonchev–Trinajstić information content (AvgIpc) is 3.07. The molecule has 160 valence electrons. The molecule has 0 amide bonds. The number of aromatic nitrogens is 1. The van der Waals surface area contributed by atoms with Gasteiger partial charge in [0.25, 0.3) is 0 Å². The molecule has 1 aromatic heterocycles. The summed E-state index contributed by atoms with van der Waals surface area (Å²) in [5.74, 6) is 0.812.